The second-order valence-corrected chi connectivity index (χ2v) is 18.8. The summed E-state index contributed by atoms with van der Waals surface area (Å²) in [7, 11) is 0. The topological polar surface area (TPSA) is 277 Å². The quantitative estimate of drug-likeness (QED) is 0.0734. The van der Waals surface area contributed by atoms with Crippen LogP contribution in [0.5, 0.6) is 6.01 Å². The third-order valence-corrected chi connectivity index (χ3v) is 11.8. The van der Waals surface area contributed by atoms with Crippen LogP contribution in [0, 0.1) is 0 Å². The summed E-state index contributed by atoms with van der Waals surface area (Å²) in [5.41, 5.74) is 3.55. The van der Waals surface area contributed by atoms with Gasteiger partial charge in [0.05, 0.1) is 57.2 Å². The second kappa shape index (κ2) is 22.6. The van der Waals surface area contributed by atoms with Crippen LogP contribution in [-0.4, -0.2) is 99.9 Å². The molecular weight excluding hydrogens is 991 g/mol. The van der Waals surface area contributed by atoms with Crippen molar-refractivity contribution in [3.63, 3.8) is 0 Å². The molecule has 0 radical (unpaired) electrons. The Morgan fingerprint density at radius 2 is 1.16 bits per heavy atom. The zero-order valence-corrected chi connectivity index (χ0v) is 40.1. The summed E-state index contributed by atoms with van der Waals surface area (Å²) >= 11 is 22.4. The normalized spacial score (nSPS) is 12.5. The minimum Gasteiger partial charge on any atom is -0.479 e. The van der Waals surface area contributed by atoms with E-state index in [2.05, 4.69) is 70.8 Å². The van der Waals surface area contributed by atoms with Gasteiger partial charge in [0.2, 0.25) is 21.8 Å². The van der Waals surface area contributed by atoms with Gasteiger partial charge in [-0.25, -0.2) is 44.5 Å². The molecule has 0 spiro atoms. The number of aromatic nitrogens is 11. The molecular formula is C39H43Cl3N16O6S3. The first-order valence-electron chi connectivity index (χ1n) is 19.6. The number of anilines is 3. The van der Waals surface area contributed by atoms with Crippen molar-refractivity contribution in [1.29, 1.82) is 0 Å². The summed E-state index contributed by atoms with van der Waals surface area (Å²) in [6, 6.07) is 0.0336. The van der Waals surface area contributed by atoms with Crippen molar-refractivity contribution in [3.05, 3.63) is 88.1 Å². The first kappa shape index (κ1) is 50.3. The van der Waals surface area contributed by atoms with Gasteiger partial charge in [-0.05, 0) is 55.6 Å². The van der Waals surface area contributed by atoms with Gasteiger partial charge in [-0.2, -0.15) is 15.0 Å². The van der Waals surface area contributed by atoms with E-state index in [4.69, 9.17) is 49.4 Å². The number of halogens is 3. The number of ether oxygens (including phenoxy) is 2. The third kappa shape index (κ3) is 14.0. The highest BCUT2D eigenvalue weighted by Crippen LogP contribution is 2.31. The number of aliphatic carboxylic acids is 1. The van der Waals surface area contributed by atoms with Crippen LogP contribution in [0.2, 0.25) is 15.9 Å². The zero-order chi connectivity index (χ0) is 47.0. The summed E-state index contributed by atoms with van der Waals surface area (Å²) in [5, 5.41) is 27.0. The number of rotatable bonds is 12. The maximum Gasteiger partial charge on any atom is 0.410 e. The molecule has 0 unspecified atom stereocenters. The molecule has 0 fully saturated rings. The lowest BCUT2D eigenvalue weighted by Crippen LogP contribution is -2.33. The molecule has 354 valence electrons. The molecule has 28 heteroatoms. The lowest BCUT2D eigenvalue weighted by Gasteiger charge is -2.24. The predicted molar refractivity (Wildman–Crippen MR) is 254 cm³/mol. The number of hydrogen-bond donors (Lipinski definition) is 5. The number of imidazole rings is 1. The lowest BCUT2D eigenvalue weighted by molar-refractivity contribution is -0.139. The van der Waals surface area contributed by atoms with Gasteiger partial charge in [-0.1, -0.05) is 7.43 Å². The smallest absolute Gasteiger partial charge is 0.410 e. The highest BCUT2D eigenvalue weighted by atomic mass is 35.5. The van der Waals surface area contributed by atoms with E-state index < -0.39 is 18.2 Å². The summed E-state index contributed by atoms with van der Waals surface area (Å²) in [6.07, 6.45) is 4.85. The van der Waals surface area contributed by atoms with Gasteiger partial charge < -0.3 is 40.4 Å². The van der Waals surface area contributed by atoms with E-state index in [9.17, 15) is 14.4 Å². The number of carboxylic acid groups (broad SMARTS) is 1. The molecule has 2 aliphatic rings. The summed E-state index contributed by atoms with van der Waals surface area (Å²) in [5.74, 6) is 0.657. The molecule has 2 amide bonds. The predicted octanol–water partition coefficient (Wildman–Crippen LogP) is 7.68. The Labute approximate surface area is 410 Å². The average Bonchev–Trinajstić information content (AvgIpc) is 4.11. The van der Waals surface area contributed by atoms with Crippen molar-refractivity contribution >= 4 is 115 Å². The number of thiazole rings is 3. The van der Waals surface area contributed by atoms with Crippen LogP contribution in [0.1, 0.15) is 72.7 Å². The molecule has 2 aliphatic heterocycles. The minimum atomic E-state index is -1.10. The number of carbonyl (C=O) groups excluding carboxylic acids is 2. The number of carboxylic acids is 1. The van der Waals surface area contributed by atoms with E-state index in [1.54, 1.807) is 58.0 Å². The van der Waals surface area contributed by atoms with E-state index in [1.165, 1.54) is 11.3 Å². The zero-order valence-electron chi connectivity index (χ0n) is 35.3. The van der Waals surface area contributed by atoms with Crippen LogP contribution in [0.25, 0.3) is 11.2 Å². The maximum absolute atomic E-state index is 12.3. The van der Waals surface area contributed by atoms with E-state index in [0.717, 1.165) is 37.5 Å². The molecule has 22 nitrogen and oxygen atoms in total. The van der Waals surface area contributed by atoms with Crippen LogP contribution in [0.15, 0.2) is 34.7 Å². The van der Waals surface area contributed by atoms with Gasteiger partial charge in [0.15, 0.2) is 18.1 Å². The number of nitrogens with zero attached hydrogens (tertiary/aromatic N) is 12. The first-order valence-corrected chi connectivity index (χ1v) is 23.3. The number of nitrogens with one attached hydrogen (secondary N) is 4. The molecule has 0 atom stereocenters. The van der Waals surface area contributed by atoms with E-state index in [1.807, 2.05) is 36.9 Å². The van der Waals surface area contributed by atoms with Crippen LogP contribution in [0.3, 0.4) is 0 Å². The molecule has 67 heavy (non-hydrogen) atoms. The fourth-order valence-electron chi connectivity index (χ4n) is 6.09. The van der Waals surface area contributed by atoms with E-state index in [0.29, 0.717) is 68.8 Å². The molecule has 0 bridgehead atoms. The highest BCUT2D eigenvalue weighted by Gasteiger charge is 2.32. The lowest BCUT2D eigenvalue weighted by atomic mass is 10.2. The van der Waals surface area contributed by atoms with E-state index >= 15 is 0 Å². The Morgan fingerprint density at radius 1 is 0.701 bits per heavy atom. The summed E-state index contributed by atoms with van der Waals surface area (Å²) in [6.45, 7) is 9.89. The average molecular weight is 1030 g/mol. The molecule has 9 heterocycles. The van der Waals surface area contributed by atoms with Crippen molar-refractivity contribution in [1.82, 2.24) is 64.6 Å². The fourth-order valence-corrected chi connectivity index (χ4v) is 8.30. The molecule has 5 N–H and O–H groups in total. The monoisotopic (exact) mass is 1030 g/mol. The van der Waals surface area contributed by atoms with Crippen LogP contribution in [-0.2, 0) is 60.1 Å². The maximum atomic E-state index is 12.3. The molecule has 9 rings (SSSR count). The van der Waals surface area contributed by atoms with Crippen LogP contribution >= 0.6 is 68.8 Å². The fraction of sp³-hybridized carbons (Fsp3) is 0.359. The Kier molecular flexibility index (Phi) is 17.0. The summed E-state index contributed by atoms with van der Waals surface area (Å²) < 4.78 is 10.4. The van der Waals surface area contributed by atoms with Gasteiger partial charge in [0, 0.05) is 52.8 Å². The van der Waals surface area contributed by atoms with Gasteiger partial charge in [0.25, 0.3) is 6.01 Å². The van der Waals surface area contributed by atoms with Crippen LogP contribution < -0.4 is 20.7 Å². The minimum absolute atomic E-state index is 0. The second-order valence-electron chi connectivity index (χ2n) is 14.8. The molecule has 7 aromatic heterocycles. The molecule has 0 saturated heterocycles. The molecule has 0 aliphatic carbocycles. The first-order chi connectivity index (χ1) is 31.6. The number of aromatic amines is 1. The third-order valence-electron chi connectivity index (χ3n) is 8.91. The highest BCUT2D eigenvalue weighted by molar-refractivity contribution is 7.10. The standard InChI is InChI=1S/C15H18ClN5O2S.C12H12ClN5OS.C11H9ClN6O3S.CH4/c1-15(2,3)23-14(22)21-7-9-10(8-21)19-13(16)20-12(9)18-6-11-17-4-5-24-11;1-7(19)18-5-8-9(6-18)16-12(13)17-11(8)15-4-10-14-2-3-20-10;12-10-16-8(14-3-5-13-1-2-22-5)7-9(17-10)18-11(15-7)21-4-6(19)20;/h4-5H,6-8H2,1-3H3,(H,18,19,20);2-3H,4-6H2,1H3,(H,15,16,17);1-2H,3-4H2,(H,19,20)(H2,14,15,16,17,18);1H4. The van der Waals surface area contributed by atoms with Crippen molar-refractivity contribution in [2.75, 3.05) is 22.6 Å². The molecule has 7 aromatic rings. The Morgan fingerprint density at radius 3 is 1.63 bits per heavy atom. The Bertz CT molecular complexity index is 2800. The largest absolute Gasteiger partial charge is 0.479 e. The summed E-state index contributed by atoms with van der Waals surface area (Å²) in [4.78, 5) is 81.9. The van der Waals surface area contributed by atoms with Gasteiger partial charge in [0.1, 0.15) is 37.8 Å². The SMILES string of the molecule is C.CC(=O)N1Cc2nc(Cl)nc(NCc3nccs3)c2C1.CC(C)(C)OC(=O)N1Cc2nc(Cl)nc(NCc3nccs3)c2C1.O=C(O)COc1nc2nc(Cl)nc(NCc3nccs3)c2[nH]1. The number of fused-ring (bicyclic) bond motifs is 3. The Balaban J connectivity index is 0.000000165. The number of carbonyl (C=O) groups is 3. The van der Waals surface area contributed by atoms with Gasteiger partial charge in [-0.15, -0.1) is 34.0 Å². The number of H-pyrrole nitrogens is 1. The molecule has 0 saturated carbocycles. The molecule has 0 aromatic carbocycles. The number of amides is 2. The van der Waals surface area contributed by atoms with Gasteiger partial charge >= 0.3 is 12.1 Å². The van der Waals surface area contributed by atoms with Crippen molar-refractivity contribution in [2.45, 2.75) is 86.5 Å². The van der Waals surface area contributed by atoms with Crippen LogP contribution in [0.4, 0.5) is 22.2 Å². The number of hydrogen-bond acceptors (Lipinski definition) is 21. The van der Waals surface area contributed by atoms with Crippen molar-refractivity contribution < 1.29 is 29.0 Å². The van der Waals surface area contributed by atoms with E-state index in [-0.39, 0.29) is 46.9 Å². The van der Waals surface area contributed by atoms with Gasteiger partial charge in [-0.3, -0.25) is 9.69 Å². The Hall–Kier alpha value is -6.12. The van der Waals surface area contributed by atoms with Crippen molar-refractivity contribution in [3.8, 4) is 6.01 Å². The van der Waals surface area contributed by atoms with Crippen molar-refractivity contribution in [2.24, 2.45) is 0 Å².